The molecule has 0 aliphatic rings. The average molecular weight is 1160 g/mol. The van der Waals surface area contributed by atoms with Gasteiger partial charge in [0.1, 0.15) is 13.2 Å². The second kappa shape index (κ2) is 71.1. The van der Waals surface area contributed by atoms with Crippen LogP contribution in [-0.4, -0.2) is 37.2 Å². The summed E-state index contributed by atoms with van der Waals surface area (Å²) in [5, 5.41) is 0. The molecule has 0 heterocycles. The fraction of sp³-hybridized carbons (Fsp3) is 0.779. The van der Waals surface area contributed by atoms with E-state index in [2.05, 4.69) is 106 Å². The average Bonchev–Trinajstić information content (AvgIpc) is 3.49. The third kappa shape index (κ3) is 69.3. The Morgan fingerprint density at radius 1 is 0.253 bits per heavy atom. The third-order valence-corrected chi connectivity index (χ3v) is 15.9. The number of allylic oxidation sites excluding steroid dienone is 14. The molecule has 0 radical (unpaired) electrons. The first kappa shape index (κ1) is 79.6. The monoisotopic (exact) mass is 1160 g/mol. The van der Waals surface area contributed by atoms with Crippen LogP contribution in [0.5, 0.6) is 0 Å². The molecule has 0 N–H and O–H groups in total. The van der Waals surface area contributed by atoms with Crippen molar-refractivity contribution in [2.75, 3.05) is 13.2 Å². The van der Waals surface area contributed by atoms with Gasteiger partial charge in [-0.15, -0.1) is 0 Å². The molecule has 0 fully saturated rings. The van der Waals surface area contributed by atoms with Gasteiger partial charge in [-0.05, 0) is 96.3 Å². The zero-order chi connectivity index (χ0) is 59.9. The Labute approximate surface area is 515 Å². The van der Waals surface area contributed by atoms with E-state index >= 15 is 0 Å². The molecule has 0 aromatic carbocycles. The molecule has 480 valence electrons. The summed E-state index contributed by atoms with van der Waals surface area (Å²) in [6.45, 7) is 6.56. The van der Waals surface area contributed by atoms with Crippen LogP contribution in [0.4, 0.5) is 0 Å². The largest absolute Gasteiger partial charge is 0.462 e. The summed E-state index contributed by atoms with van der Waals surface area (Å²) in [5.74, 6) is -0.860. The lowest BCUT2D eigenvalue weighted by Crippen LogP contribution is -2.30. The van der Waals surface area contributed by atoms with E-state index in [1.54, 1.807) is 0 Å². The van der Waals surface area contributed by atoms with Crippen LogP contribution in [-0.2, 0) is 28.6 Å². The van der Waals surface area contributed by atoms with Crippen molar-refractivity contribution in [1.82, 2.24) is 0 Å². The summed E-state index contributed by atoms with van der Waals surface area (Å²) in [4.78, 5) is 38.5. The van der Waals surface area contributed by atoms with Gasteiger partial charge in [-0.25, -0.2) is 0 Å². The molecule has 0 spiro atoms. The van der Waals surface area contributed by atoms with E-state index in [0.717, 1.165) is 103 Å². The number of hydrogen-bond acceptors (Lipinski definition) is 6. The van der Waals surface area contributed by atoms with E-state index in [-0.39, 0.29) is 31.1 Å². The Bertz CT molecular complexity index is 1570. The maximum atomic E-state index is 13.0. The summed E-state index contributed by atoms with van der Waals surface area (Å²) in [5.41, 5.74) is 0. The van der Waals surface area contributed by atoms with E-state index in [9.17, 15) is 14.4 Å². The summed E-state index contributed by atoms with van der Waals surface area (Å²) < 4.78 is 17.0. The van der Waals surface area contributed by atoms with E-state index in [1.165, 1.54) is 225 Å². The number of carbonyl (C=O) groups is 3. The van der Waals surface area contributed by atoms with Gasteiger partial charge in [0.05, 0.1) is 0 Å². The summed E-state index contributed by atoms with van der Waals surface area (Å²) in [7, 11) is 0. The molecule has 6 heteroatoms. The molecule has 0 rings (SSSR count). The van der Waals surface area contributed by atoms with Crippen molar-refractivity contribution in [3.05, 3.63) is 85.1 Å². The third-order valence-electron chi connectivity index (χ3n) is 15.9. The van der Waals surface area contributed by atoms with Crippen molar-refractivity contribution < 1.29 is 28.6 Å². The van der Waals surface area contributed by atoms with Gasteiger partial charge in [0.15, 0.2) is 6.10 Å². The summed E-state index contributed by atoms with van der Waals surface area (Å²) in [6.07, 6.45) is 94.7. The van der Waals surface area contributed by atoms with Gasteiger partial charge in [-0.1, -0.05) is 337 Å². The highest BCUT2D eigenvalue weighted by molar-refractivity contribution is 5.71. The fourth-order valence-electron chi connectivity index (χ4n) is 10.5. The maximum absolute atomic E-state index is 13.0. The normalized spacial score (nSPS) is 12.6. The predicted molar refractivity (Wildman–Crippen MR) is 362 cm³/mol. The van der Waals surface area contributed by atoms with E-state index in [4.69, 9.17) is 14.2 Å². The van der Waals surface area contributed by atoms with Gasteiger partial charge >= 0.3 is 17.9 Å². The Morgan fingerprint density at radius 2 is 0.470 bits per heavy atom. The molecule has 0 saturated heterocycles. The molecule has 6 nitrogen and oxygen atoms in total. The van der Waals surface area contributed by atoms with Gasteiger partial charge < -0.3 is 14.2 Å². The maximum Gasteiger partial charge on any atom is 0.306 e. The second-order valence-electron chi connectivity index (χ2n) is 24.1. The van der Waals surface area contributed by atoms with Crippen LogP contribution in [0, 0.1) is 0 Å². The van der Waals surface area contributed by atoms with Crippen molar-refractivity contribution in [2.24, 2.45) is 0 Å². The second-order valence-corrected chi connectivity index (χ2v) is 24.1. The highest BCUT2D eigenvalue weighted by Gasteiger charge is 2.19. The molecule has 0 saturated carbocycles. The number of unbranched alkanes of at least 4 members (excludes halogenated alkanes) is 41. The van der Waals surface area contributed by atoms with Crippen LogP contribution in [0.2, 0.25) is 0 Å². The predicted octanol–water partition coefficient (Wildman–Crippen LogP) is 25.0. The van der Waals surface area contributed by atoms with Crippen LogP contribution in [0.15, 0.2) is 85.1 Å². The quantitative estimate of drug-likeness (QED) is 0.0261. The fourth-order valence-corrected chi connectivity index (χ4v) is 10.5. The Morgan fingerprint density at radius 3 is 0.735 bits per heavy atom. The van der Waals surface area contributed by atoms with Gasteiger partial charge in [0.2, 0.25) is 0 Å². The first-order valence-electron chi connectivity index (χ1n) is 36.1. The Kier molecular flexibility index (Phi) is 68.2. The van der Waals surface area contributed by atoms with Crippen LogP contribution in [0.25, 0.3) is 0 Å². The summed E-state index contributed by atoms with van der Waals surface area (Å²) >= 11 is 0. The number of rotatable bonds is 66. The molecule has 83 heavy (non-hydrogen) atoms. The topological polar surface area (TPSA) is 78.9 Å². The van der Waals surface area contributed by atoms with Gasteiger partial charge in [-0.3, -0.25) is 14.4 Å². The van der Waals surface area contributed by atoms with E-state index < -0.39 is 6.10 Å². The van der Waals surface area contributed by atoms with Crippen molar-refractivity contribution in [3.8, 4) is 0 Å². The lowest BCUT2D eigenvalue weighted by molar-refractivity contribution is -0.167. The Hall–Kier alpha value is -3.41. The van der Waals surface area contributed by atoms with Crippen LogP contribution in [0.1, 0.15) is 367 Å². The molecule has 0 amide bonds. The van der Waals surface area contributed by atoms with E-state index in [1.807, 2.05) is 0 Å². The Balaban J connectivity index is 4.27. The molecule has 0 aromatic heterocycles. The van der Waals surface area contributed by atoms with Gasteiger partial charge in [0, 0.05) is 19.3 Å². The molecular weight excluding hydrogens is 1020 g/mol. The first-order chi connectivity index (χ1) is 41.0. The summed E-state index contributed by atoms with van der Waals surface area (Å²) in [6, 6.07) is 0. The van der Waals surface area contributed by atoms with E-state index in [0.29, 0.717) is 19.3 Å². The molecule has 0 aliphatic heterocycles. The minimum Gasteiger partial charge on any atom is -0.462 e. The lowest BCUT2D eigenvalue weighted by atomic mass is 10.0. The SMILES string of the molecule is CC/C=C\C/C=C\C/C=C\C/C=C\C/C=C\CCCCCCCCCCCC(=O)OC(COC(=O)CCCCCCCCCCCCCCC)COC(=O)CCCCCCCCCCCCCCCCC/C=C\C/C=C\CCCCCCC. The van der Waals surface area contributed by atoms with Crippen molar-refractivity contribution in [2.45, 2.75) is 374 Å². The lowest BCUT2D eigenvalue weighted by Gasteiger charge is -2.18. The first-order valence-corrected chi connectivity index (χ1v) is 36.1. The molecule has 0 aliphatic carbocycles. The minimum absolute atomic E-state index is 0.0745. The smallest absolute Gasteiger partial charge is 0.306 e. The van der Waals surface area contributed by atoms with Crippen molar-refractivity contribution in [3.63, 3.8) is 0 Å². The standard InChI is InChI=1S/C77H136O6/c1-4-7-10-13-16-19-22-25-27-29-31-33-35-37-38-40-41-43-45-47-49-52-55-58-61-64-67-70-76(79)82-73-74(72-81-75(78)69-66-63-60-57-54-51-24-21-18-15-12-9-6-3)83-77(80)71-68-65-62-59-56-53-50-48-46-44-42-39-36-34-32-30-28-26-23-20-17-14-11-8-5-2/h8,11,17,20,22,25-26,28-29,31-32,34,39,42,74H,4-7,9-10,12-16,18-19,21,23-24,27,30,33,35-38,40-41,43-73H2,1-3H3/b11-8-,20-17-,25-22-,28-26-,31-29-,34-32-,42-39-. The molecule has 0 bridgehead atoms. The molecule has 1 atom stereocenters. The number of esters is 3. The van der Waals surface area contributed by atoms with Gasteiger partial charge in [0.25, 0.3) is 0 Å². The van der Waals surface area contributed by atoms with Crippen LogP contribution >= 0.6 is 0 Å². The van der Waals surface area contributed by atoms with Crippen molar-refractivity contribution in [1.29, 1.82) is 0 Å². The molecular formula is C77H136O6. The van der Waals surface area contributed by atoms with Crippen LogP contribution < -0.4 is 0 Å². The number of hydrogen-bond donors (Lipinski definition) is 0. The number of ether oxygens (including phenoxy) is 3. The zero-order valence-electron chi connectivity index (χ0n) is 55.2. The zero-order valence-corrected chi connectivity index (χ0v) is 55.2. The van der Waals surface area contributed by atoms with Crippen LogP contribution in [0.3, 0.4) is 0 Å². The highest BCUT2D eigenvalue weighted by atomic mass is 16.6. The minimum atomic E-state index is -0.780. The number of carbonyl (C=O) groups excluding carboxylic acids is 3. The highest BCUT2D eigenvalue weighted by Crippen LogP contribution is 2.18. The van der Waals surface area contributed by atoms with Crippen molar-refractivity contribution >= 4 is 17.9 Å². The molecule has 1 unspecified atom stereocenters. The van der Waals surface area contributed by atoms with Gasteiger partial charge in [-0.2, -0.15) is 0 Å². The molecule has 0 aromatic rings.